The van der Waals surface area contributed by atoms with Gasteiger partial charge in [0.2, 0.25) is 0 Å². The van der Waals surface area contributed by atoms with Crippen LogP contribution in [-0.4, -0.2) is 30.1 Å². The van der Waals surface area contributed by atoms with Crippen molar-refractivity contribution >= 4 is 33.2 Å². The van der Waals surface area contributed by atoms with Crippen LogP contribution in [0.1, 0.15) is 24.8 Å². The predicted octanol–water partition coefficient (Wildman–Crippen LogP) is 3.47. The number of carboxylic acids is 1. The van der Waals surface area contributed by atoms with Crippen molar-refractivity contribution in [2.24, 2.45) is 11.8 Å². The van der Waals surface area contributed by atoms with Gasteiger partial charge in [-0.05, 0) is 42.0 Å². The molecule has 0 aliphatic carbocycles. The molecule has 0 spiro atoms. The zero-order valence-corrected chi connectivity index (χ0v) is 12.9. The van der Waals surface area contributed by atoms with Crippen molar-refractivity contribution in [2.75, 3.05) is 14.1 Å². The first-order valence-electron chi connectivity index (χ1n) is 5.47. The fourth-order valence-electron chi connectivity index (χ4n) is 2.02. The van der Waals surface area contributed by atoms with Crippen LogP contribution in [0.15, 0.2) is 15.9 Å². The molecule has 0 aliphatic heterocycles. The molecule has 1 aromatic rings. The van der Waals surface area contributed by atoms with Crippen LogP contribution in [0.25, 0.3) is 0 Å². The average molecular weight is 320 g/mol. The van der Waals surface area contributed by atoms with Crippen molar-refractivity contribution in [1.29, 1.82) is 0 Å². The molecule has 0 radical (unpaired) electrons. The maximum Gasteiger partial charge on any atom is 0.308 e. The van der Waals surface area contributed by atoms with E-state index in [4.69, 9.17) is 0 Å². The Labute approximate surface area is 115 Å². The van der Waals surface area contributed by atoms with E-state index in [-0.39, 0.29) is 12.0 Å². The number of hydrogen-bond donors (Lipinski definition) is 1. The van der Waals surface area contributed by atoms with E-state index in [0.29, 0.717) is 0 Å². The molecular weight excluding hydrogens is 302 g/mol. The van der Waals surface area contributed by atoms with E-state index in [0.717, 1.165) is 9.35 Å². The molecule has 0 aliphatic rings. The van der Waals surface area contributed by atoms with E-state index in [1.165, 1.54) is 0 Å². The van der Waals surface area contributed by atoms with Gasteiger partial charge in [-0.1, -0.05) is 13.8 Å². The minimum Gasteiger partial charge on any atom is -0.481 e. The second kappa shape index (κ2) is 5.98. The highest BCUT2D eigenvalue weighted by Crippen LogP contribution is 2.36. The lowest BCUT2D eigenvalue weighted by molar-refractivity contribution is -0.146. The van der Waals surface area contributed by atoms with Gasteiger partial charge in [-0.15, -0.1) is 11.3 Å². The molecule has 0 saturated heterocycles. The highest BCUT2D eigenvalue weighted by atomic mass is 79.9. The van der Waals surface area contributed by atoms with Crippen LogP contribution in [0.5, 0.6) is 0 Å². The summed E-state index contributed by atoms with van der Waals surface area (Å²) in [6, 6.07) is 1.93. The summed E-state index contributed by atoms with van der Waals surface area (Å²) in [6.07, 6.45) is 0. The fourth-order valence-corrected chi connectivity index (χ4v) is 3.71. The average Bonchev–Trinajstić information content (AvgIpc) is 2.58. The first-order valence-corrected chi connectivity index (χ1v) is 7.15. The van der Waals surface area contributed by atoms with Crippen molar-refractivity contribution in [3.63, 3.8) is 0 Å². The quantitative estimate of drug-likeness (QED) is 0.903. The SMILES string of the molecule is CC(C)C(C(=O)O)C(c1cc(Br)cs1)N(C)C. The molecule has 2 atom stereocenters. The molecule has 17 heavy (non-hydrogen) atoms. The summed E-state index contributed by atoms with van der Waals surface area (Å²) in [5.74, 6) is -1.03. The number of carboxylic acid groups (broad SMARTS) is 1. The van der Waals surface area contributed by atoms with E-state index < -0.39 is 11.9 Å². The number of thiophene rings is 1. The topological polar surface area (TPSA) is 40.5 Å². The highest BCUT2D eigenvalue weighted by molar-refractivity contribution is 9.10. The van der Waals surface area contributed by atoms with Crippen molar-refractivity contribution in [3.05, 3.63) is 20.8 Å². The van der Waals surface area contributed by atoms with Gasteiger partial charge in [0.25, 0.3) is 0 Å². The second-order valence-corrected chi connectivity index (χ2v) is 6.54. The molecule has 1 rings (SSSR count). The van der Waals surface area contributed by atoms with Crippen LogP contribution < -0.4 is 0 Å². The Bertz CT molecular complexity index is 390. The number of halogens is 1. The third-order valence-electron chi connectivity index (χ3n) is 2.78. The number of nitrogens with zero attached hydrogens (tertiary/aromatic N) is 1. The summed E-state index contributed by atoms with van der Waals surface area (Å²) >= 11 is 5.01. The van der Waals surface area contributed by atoms with Crippen molar-refractivity contribution < 1.29 is 9.90 Å². The van der Waals surface area contributed by atoms with Crippen molar-refractivity contribution in [2.45, 2.75) is 19.9 Å². The molecule has 0 fully saturated rings. The maximum absolute atomic E-state index is 11.4. The smallest absolute Gasteiger partial charge is 0.308 e. The lowest BCUT2D eigenvalue weighted by Gasteiger charge is -2.31. The Hall–Kier alpha value is -0.390. The van der Waals surface area contributed by atoms with Gasteiger partial charge in [-0.2, -0.15) is 0 Å². The summed E-state index contributed by atoms with van der Waals surface area (Å²) < 4.78 is 1.01. The molecule has 5 heteroatoms. The zero-order chi connectivity index (χ0) is 13.2. The Morgan fingerprint density at radius 2 is 2.06 bits per heavy atom. The van der Waals surface area contributed by atoms with Gasteiger partial charge in [0, 0.05) is 14.7 Å². The molecule has 2 unspecified atom stereocenters. The maximum atomic E-state index is 11.4. The molecular formula is C12H18BrNO2S. The Kier molecular flexibility index (Phi) is 5.16. The summed E-state index contributed by atoms with van der Waals surface area (Å²) in [6.45, 7) is 3.91. The van der Waals surface area contributed by atoms with Gasteiger partial charge in [0.05, 0.1) is 12.0 Å². The second-order valence-electron chi connectivity index (χ2n) is 4.68. The lowest BCUT2D eigenvalue weighted by atomic mass is 9.87. The normalized spacial score (nSPS) is 15.2. The third kappa shape index (κ3) is 3.53. The summed E-state index contributed by atoms with van der Waals surface area (Å²) in [7, 11) is 3.85. The fraction of sp³-hybridized carbons (Fsp3) is 0.583. The van der Waals surface area contributed by atoms with Crippen LogP contribution in [0.2, 0.25) is 0 Å². The van der Waals surface area contributed by atoms with Crippen molar-refractivity contribution in [3.8, 4) is 0 Å². The van der Waals surface area contributed by atoms with Crippen LogP contribution in [0.3, 0.4) is 0 Å². The van der Waals surface area contributed by atoms with Gasteiger partial charge in [-0.25, -0.2) is 0 Å². The van der Waals surface area contributed by atoms with Crippen LogP contribution in [-0.2, 0) is 4.79 Å². The summed E-state index contributed by atoms with van der Waals surface area (Å²) in [5, 5.41) is 11.4. The zero-order valence-electron chi connectivity index (χ0n) is 10.5. The molecule has 0 saturated carbocycles. The molecule has 1 heterocycles. The van der Waals surface area contributed by atoms with Crippen LogP contribution in [0, 0.1) is 11.8 Å². The number of aliphatic carboxylic acids is 1. The Morgan fingerprint density at radius 1 is 1.47 bits per heavy atom. The minimum absolute atomic E-state index is 0.0798. The van der Waals surface area contributed by atoms with E-state index in [1.807, 2.05) is 44.3 Å². The van der Waals surface area contributed by atoms with E-state index in [1.54, 1.807) is 11.3 Å². The standard InChI is InChI=1S/C12H18BrNO2S/c1-7(2)10(12(15)16)11(14(3)4)9-5-8(13)6-17-9/h5-7,10-11H,1-4H3,(H,15,16). The summed E-state index contributed by atoms with van der Waals surface area (Å²) in [4.78, 5) is 14.5. The Morgan fingerprint density at radius 3 is 2.35 bits per heavy atom. The van der Waals surface area contributed by atoms with Gasteiger partial charge in [0.1, 0.15) is 0 Å². The van der Waals surface area contributed by atoms with Gasteiger partial charge >= 0.3 is 5.97 Å². The largest absolute Gasteiger partial charge is 0.481 e. The number of carbonyl (C=O) groups is 1. The summed E-state index contributed by atoms with van der Waals surface area (Å²) in [5.41, 5.74) is 0. The minimum atomic E-state index is -0.733. The first kappa shape index (κ1) is 14.7. The van der Waals surface area contributed by atoms with E-state index >= 15 is 0 Å². The molecule has 1 aromatic heterocycles. The van der Waals surface area contributed by atoms with Crippen LogP contribution >= 0.6 is 27.3 Å². The van der Waals surface area contributed by atoms with Gasteiger partial charge in [-0.3, -0.25) is 4.79 Å². The predicted molar refractivity (Wildman–Crippen MR) is 74.4 cm³/mol. The molecule has 3 nitrogen and oxygen atoms in total. The monoisotopic (exact) mass is 319 g/mol. The molecule has 96 valence electrons. The molecule has 0 aromatic carbocycles. The number of hydrogen-bond acceptors (Lipinski definition) is 3. The lowest BCUT2D eigenvalue weighted by Crippen LogP contribution is -2.35. The highest BCUT2D eigenvalue weighted by Gasteiger charge is 2.34. The molecule has 1 N–H and O–H groups in total. The molecule has 0 bridgehead atoms. The van der Waals surface area contributed by atoms with Crippen molar-refractivity contribution in [1.82, 2.24) is 4.90 Å². The van der Waals surface area contributed by atoms with Gasteiger partial charge < -0.3 is 10.0 Å². The molecule has 0 amide bonds. The number of rotatable bonds is 5. The Balaban J connectivity index is 3.11. The first-order chi connectivity index (χ1) is 7.84. The van der Waals surface area contributed by atoms with E-state index in [2.05, 4.69) is 15.9 Å². The van der Waals surface area contributed by atoms with Crippen LogP contribution in [0.4, 0.5) is 0 Å². The van der Waals surface area contributed by atoms with Gasteiger partial charge in [0.15, 0.2) is 0 Å². The third-order valence-corrected chi connectivity index (χ3v) is 4.54. The van der Waals surface area contributed by atoms with E-state index in [9.17, 15) is 9.90 Å².